The number of hydrogen-bond donors (Lipinski definition) is 1. The summed E-state index contributed by atoms with van der Waals surface area (Å²) in [5, 5.41) is 0. The molecule has 54 valence electrons. The van der Waals surface area contributed by atoms with Crippen molar-refractivity contribution in [3.8, 4) is 0 Å². The molecule has 0 amide bonds. The van der Waals surface area contributed by atoms with Crippen molar-refractivity contribution in [2.45, 2.75) is 38.5 Å². The molecule has 1 aliphatic carbocycles. The van der Waals surface area contributed by atoms with Gasteiger partial charge in [-0.15, -0.1) is 0 Å². The Labute approximate surface area is 63.4 Å². The van der Waals surface area contributed by atoms with E-state index >= 15 is 0 Å². The number of rotatable bonds is 3. The molecule has 0 N–H and O–H groups in total. The Morgan fingerprint density at radius 3 is 2.44 bits per heavy atom. The molecular formula is C8H16S. The Hall–Kier alpha value is 0.350. The highest BCUT2D eigenvalue weighted by atomic mass is 32.1. The Balaban J connectivity index is 1.98. The van der Waals surface area contributed by atoms with Gasteiger partial charge in [0.1, 0.15) is 0 Å². The van der Waals surface area contributed by atoms with Crippen molar-refractivity contribution in [1.29, 1.82) is 0 Å². The Kier molecular flexibility index (Phi) is 3.49. The summed E-state index contributed by atoms with van der Waals surface area (Å²) < 4.78 is 0. The summed E-state index contributed by atoms with van der Waals surface area (Å²) in [5.74, 6) is 2.15. The van der Waals surface area contributed by atoms with Crippen LogP contribution in [0.4, 0.5) is 0 Å². The summed E-state index contributed by atoms with van der Waals surface area (Å²) in [6, 6.07) is 0. The second kappa shape index (κ2) is 4.21. The van der Waals surface area contributed by atoms with Crippen LogP contribution in [0.3, 0.4) is 0 Å². The van der Waals surface area contributed by atoms with E-state index in [4.69, 9.17) is 0 Å². The predicted molar refractivity (Wildman–Crippen MR) is 45.0 cm³/mol. The number of thiol groups is 1. The minimum atomic E-state index is 1.07. The average Bonchev–Trinajstić information content (AvgIpc) is 2.34. The van der Waals surface area contributed by atoms with Crippen molar-refractivity contribution < 1.29 is 0 Å². The molecule has 1 fully saturated rings. The van der Waals surface area contributed by atoms with Crippen molar-refractivity contribution in [1.82, 2.24) is 0 Å². The summed E-state index contributed by atoms with van der Waals surface area (Å²) in [5.41, 5.74) is 0. The lowest BCUT2D eigenvalue weighted by Crippen LogP contribution is -1.92. The van der Waals surface area contributed by atoms with Gasteiger partial charge in [0.25, 0.3) is 0 Å². The molecule has 0 aromatic heterocycles. The molecule has 0 unspecified atom stereocenters. The molecule has 0 nitrogen and oxygen atoms in total. The van der Waals surface area contributed by atoms with Gasteiger partial charge >= 0.3 is 0 Å². The van der Waals surface area contributed by atoms with Gasteiger partial charge < -0.3 is 0 Å². The van der Waals surface area contributed by atoms with E-state index in [9.17, 15) is 0 Å². The quantitative estimate of drug-likeness (QED) is 0.578. The van der Waals surface area contributed by atoms with Crippen LogP contribution < -0.4 is 0 Å². The van der Waals surface area contributed by atoms with Gasteiger partial charge in [0, 0.05) is 0 Å². The first-order valence-electron chi connectivity index (χ1n) is 4.04. The largest absolute Gasteiger partial charge is 0.179 e. The predicted octanol–water partition coefficient (Wildman–Crippen LogP) is 2.89. The third-order valence-corrected chi connectivity index (χ3v) is 2.56. The molecular weight excluding hydrogens is 128 g/mol. The maximum Gasteiger partial charge on any atom is -0.00978 e. The SMILES string of the molecule is SCCCC1CCCC1. The first-order valence-corrected chi connectivity index (χ1v) is 4.67. The fourth-order valence-corrected chi connectivity index (χ4v) is 1.86. The normalized spacial score (nSPS) is 21.0. The van der Waals surface area contributed by atoms with Crippen LogP contribution in [0.1, 0.15) is 38.5 Å². The van der Waals surface area contributed by atoms with Crippen molar-refractivity contribution in [3.05, 3.63) is 0 Å². The fourth-order valence-electron chi connectivity index (χ4n) is 1.68. The molecule has 1 rings (SSSR count). The van der Waals surface area contributed by atoms with E-state index < -0.39 is 0 Å². The van der Waals surface area contributed by atoms with E-state index in [1.807, 2.05) is 0 Å². The van der Waals surface area contributed by atoms with Crippen LogP contribution in [-0.4, -0.2) is 5.75 Å². The molecule has 0 aromatic carbocycles. The summed E-state index contributed by atoms with van der Waals surface area (Å²) in [6.07, 6.45) is 8.72. The average molecular weight is 144 g/mol. The second-order valence-corrected chi connectivity index (χ2v) is 3.46. The lowest BCUT2D eigenvalue weighted by molar-refractivity contribution is 0.499. The molecule has 0 spiro atoms. The van der Waals surface area contributed by atoms with Crippen LogP contribution >= 0.6 is 12.6 Å². The standard InChI is InChI=1S/C8H16S/c9-7-3-6-8-4-1-2-5-8/h8-9H,1-7H2. The zero-order valence-corrected chi connectivity index (χ0v) is 6.87. The van der Waals surface area contributed by atoms with Crippen molar-refractivity contribution in [2.75, 3.05) is 5.75 Å². The van der Waals surface area contributed by atoms with Crippen LogP contribution in [0.2, 0.25) is 0 Å². The smallest absolute Gasteiger partial charge is 0.00978 e. The lowest BCUT2D eigenvalue weighted by Gasteiger charge is -2.05. The molecule has 1 saturated carbocycles. The molecule has 0 heterocycles. The van der Waals surface area contributed by atoms with E-state index in [-0.39, 0.29) is 0 Å². The van der Waals surface area contributed by atoms with Crippen molar-refractivity contribution in [2.24, 2.45) is 5.92 Å². The first-order chi connectivity index (χ1) is 4.43. The third-order valence-electron chi connectivity index (χ3n) is 2.25. The van der Waals surface area contributed by atoms with Crippen LogP contribution in [0.25, 0.3) is 0 Å². The van der Waals surface area contributed by atoms with E-state index in [0.717, 1.165) is 11.7 Å². The van der Waals surface area contributed by atoms with Crippen LogP contribution in [-0.2, 0) is 0 Å². The third kappa shape index (κ3) is 2.61. The van der Waals surface area contributed by atoms with Gasteiger partial charge in [-0.3, -0.25) is 0 Å². The zero-order valence-electron chi connectivity index (χ0n) is 5.97. The highest BCUT2D eigenvalue weighted by Gasteiger charge is 2.13. The molecule has 1 heteroatoms. The summed E-state index contributed by atoms with van der Waals surface area (Å²) in [4.78, 5) is 0. The highest BCUT2D eigenvalue weighted by molar-refractivity contribution is 7.80. The lowest BCUT2D eigenvalue weighted by atomic mass is 10.0. The molecule has 0 atom stereocenters. The fraction of sp³-hybridized carbons (Fsp3) is 1.00. The van der Waals surface area contributed by atoms with Gasteiger partial charge in [-0.25, -0.2) is 0 Å². The summed E-state index contributed by atoms with van der Waals surface area (Å²) in [7, 11) is 0. The summed E-state index contributed by atoms with van der Waals surface area (Å²) in [6.45, 7) is 0. The maximum atomic E-state index is 4.19. The molecule has 0 saturated heterocycles. The van der Waals surface area contributed by atoms with E-state index in [1.165, 1.54) is 38.5 Å². The summed E-state index contributed by atoms with van der Waals surface area (Å²) >= 11 is 4.19. The molecule has 0 bridgehead atoms. The Bertz CT molecular complexity index is 65.0. The molecule has 0 aliphatic heterocycles. The topological polar surface area (TPSA) is 0 Å². The van der Waals surface area contributed by atoms with Crippen LogP contribution in [0.5, 0.6) is 0 Å². The van der Waals surface area contributed by atoms with Gasteiger partial charge in [-0.2, -0.15) is 12.6 Å². The zero-order chi connectivity index (χ0) is 6.53. The Morgan fingerprint density at radius 1 is 1.22 bits per heavy atom. The van der Waals surface area contributed by atoms with E-state index in [2.05, 4.69) is 12.6 Å². The minimum Gasteiger partial charge on any atom is -0.179 e. The second-order valence-electron chi connectivity index (χ2n) is 3.02. The molecule has 0 aromatic rings. The minimum absolute atomic E-state index is 1.07. The maximum absolute atomic E-state index is 4.19. The number of hydrogen-bond acceptors (Lipinski definition) is 1. The van der Waals surface area contributed by atoms with Gasteiger partial charge in [0.05, 0.1) is 0 Å². The molecule has 9 heavy (non-hydrogen) atoms. The van der Waals surface area contributed by atoms with Crippen molar-refractivity contribution in [3.63, 3.8) is 0 Å². The monoisotopic (exact) mass is 144 g/mol. The van der Waals surface area contributed by atoms with Gasteiger partial charge in [0.2, 0.25) is 0 Å². The van der Waals surface area contributed by atoms with Gasteiger partial charge in [-0.05, 0) is 24.5 Å². The highest BCUT2D eigenvalue weighted by Crippen LogP contribution is 2.28. The molecule has 1 aliphatic rings. The van der Waals surface area contributed by atoms with E-state index in [1.54, 1.807) is 0 Å². The van der Waals surface area contributed by atoms with Gasteiger partial charge in [0.15, 0.2) is 0 Å². The first kappa shape index (κ1) is 7.46. The van der Waals surface area contributed by atoms with Gasteiger partial charge in [-0.1, -0.05) is 25.7 Å². The van der Waals surface area contributed by atoms with Crippen LogP contribution in [0, 0.1) is 5.92 Å². The van der Waals surface area contributed by atoms with E-state index in [0.29, 0.717) is 0 Å². The Morgan fingerprint density at radius 2 is 1.89 bits per heavy atom. The van der Waals surface area contributed by atoms with Crippen molar-refractivity contribution >= 4 is 12.6 Å². The van der Waals surface area contributed by atoms with Crippen LogP contribution in [0.15, 0.2) is 0 Å². The molecule has 0 radical (unpaired) electrons.